The maximum Gasteiger partial charge on any atom is 0.410 e. The monoisotopic (exact) mass is 473 g/mol. The first kappa shape index (κ1) is 23.6. The second-order valence-electron chi connectivity index (χ2n) is 8.65. The van der Waals surface area contributed by atoms with E-state index in [-0.39, 0.29) is 46.7 Å². The third-order valence-electron chi connectivity index (χ3n) is 5.63. The number of aryl methyl sites for hydroxylation is 1. The van der Waals surface area contributed by atoms with Crippen molar-refractivity contribution in [2.24, 2.45) is 11.8 Å². The molecule has 2 atom stereocenters. The minimum absolute atomic E-state index is 0.0378. The number of likely N-dealkylation sites (tertiary alicyclic amines) is 1. The quantitative estimate of drug-likeness (QED) is 0.702. The summed E-state index contributed by atoms with van der Waals surface area (Å²) in [5.41, 5.74) is 0.105. The van der Waals surface area contributed by atoms with Crippen molar-refractivity contribution in [1.29, 1.82) is 5.26 Å². The summed E-state index contributed by atoms with van der Waals surface area (Å²) in [7, 11) is 0. The van der Waals surface area contributed by atoms with E-state index < -0.39 is 23.8 Å². The fourth-order valence-electron chi connectivity index (χ4n) is 4.15. The van der Waals surface area contributed by atoms with Crippen molar-refractivity contribution in [1.82, 2.24) is 14.9 Å². The number of carbonyl (C=O) groups excluding carboxylic acids is 1. The Balaban J connectivity index is 1.54. The first-order chi connectivity index (χ1) is 16.2. The summed E-state index contributed by atoms with van der Waals surface area (Å²) in [4.78, 5) is 22.1. The first-order valence-electron chi connectivity index (χ1n) is 11.0. The summed E-state index contributed by atoms with van der Waals surface area (Å²) in [5.74, 6) is -2.26. The smallest absolute Gasteiger partial charge is 0.410 e. The zero-order valence-corrected chi connectivity index (χ0v) is 19.0. The molecular weight excluding hydrogens is 448 g/mol. The standard InChI is InChI=1S/C23H25F2N5O4/c1-12(2)33-23(31)30-8-15-10-32-11-16(9-30)20(15)34-22-19(25)21(27-13(3)28-22)29-18-5-4-14(7-26)6-17(18)24/h4-6,12,15-16,20H,8-11H2,1-3H3,(H,27,28,29). The molecule has 9 nitrogen and oxygen atoms in total. The van der Waals surface area contributed by atoms with E-state index in [9.17, 15) is 9.18 Å². The van der Waals surface area contributed by atoms with Crippen LogP contribution in [0.25, 0.3) is 0 Å². The number of hydrogen-bond donors (Lipinski definition) is 1. The van der Waals surface area contributed by atoms with Crippen LogP contribution < -0.4 is 10.1 Å². The van der Waals surface area contributed by atoms with Crippen LogP contribution in [0.5, 0.6) is 5.88 Å². The van der Waals surface area contributed by atoms with Crippen LogP contribution in [0.1, 0.15) is 25.2 Å². The number of aromatic nitrogens is 2. The number of ether oxygens (including phenoxy) is 3. The van der Waals surface area contributed by atoms with Crippen molar-refractivity contribution in [2.45, 2.75) is 33.0 Å². The second-order valence-corrected chi connectivity index (χ2v) is 8.65. The van der Waals surface area contributed by atoms with Gasteiger partial charge in [0.05, 0.1) is 36.6 Å². The highest BCUT2D eigenvalue weighted by Gasteiger charge is 2.44. The van der Waals surface area contributed by atoms with Crippen molar-refractivity contribution in [3.05, 3.63) is 41.2 Å². The number of benzene rings is 1. The average Bonchev–Trinajstić information content (AvgIpc) is 2.77. The van der Waals surface area contributed by atoms with Crippen molar-refractivity contribution < 1.29 is 27.8 Å². The number of hydrogen-bond acceptors (Lipinski definition) is 8. The van der Waals surface area contributed by atoms with Crippen molar-refractivity contribution in [2.75, 3.05) is 31.6 Å². The number of halogens is 2. The molecule has 3 heterocycles. The molecule has 34 heavy (non-hydrogen) atoms. The van der Waals surface area contributed by atoms with E-state index in [1.165, 1.54) is 12.1 Å². The molecule has 1 N–H and O–H groups in total. The van der Waals surface area contributed by atoms with Crippen LogP contribution >= 0.6 is 0 Å². The number of rotatable bonds is 5. The third kappa shape index (κ3) is 5.02. The predicted octanol–water partition coefficient (Wildman–Crippen LogP) is 3.55. The van der Waals surface area contributed by atoms with Gasteiger partial charge in [0, 0.05) is 24.9 Å². The fourth-order valence-corrected chi connectivity index (χ4v) is 4.15. The molecule has 1 aromatic carbocycles. The number of nitrogens with one attached hydrogen (secondary N) is 1. The number of piperidine rings is 1. The maximum atomic E-state index is 15.3. The Morgan fingerprint density at radius 2 is 1.97 bits per heavy atom. The molecule has 0 spiro atoms. The molecule has 2 unspecified atom stereocenters. The summed E-state index contributed by atoms with van der Waals surface area (Å²) < 4.78 is 46.6. The molecule has 1 aromatic heterocycles. The summed E-state index contributed by atoms with van der Waals surface area (Å²) in [5, 5.41) is 11.5. The average molecular weight is 473 g/mol. The van der Waals surface area contributed by atoms with Gasteiger partial charge >= 0.3 is 6.09 Å². The highest BCUT2D eigenvalue weighted by atomic mass is 19.1. The van der Waals surface area contributed by atoms with Gasteiger partial charge in [-0.25, -0.2) is 14.2 Å². The van der Waals surface area contributed by atoms with Crippen molar-refractivity contribution in [3.63, 3.8) is 0 Å². The lowest BCUT2D eigenvalue weighted by Gasteiger charge is -2.45. The van der Waals surface area contributed by atoms with E-state index in [1.54, 1.807) is 25.7 Å². The van der Waals surface area contributed by atoms with E-state index in [4.69, 9.17) is 19.5 Å². The zero-order valence-electron chi connectivity index (χ0n) is 19.0. The van der Waals surface area contributed by atoms with Gasteiger partial charge in [0.25, 0.3) is 5.88 Å². The van der Waals surface area contributed by atoms with E-state index in [1.807, 2.05) is 6.07 Å². The van der Waals surface area contributed by atoms with Crippen molar-refractivity contribution in [3.8, 4) is 11.9 Å². The Morgan fingerprint density at radius 1 is 1.26 bits per heavy atom. The second kappa shape index (κ2) is 9.77. The van der Waals surface area contributed by atoms with Crippen LogP contribution in [-0.4, -0.2) is 59.5 Å². The van der Waals surface area contributed by atoms with Gasteiger partial charge in [-0.2, -0.15) is 14.6 Å². The fraction of sp³-hybridized carbons (Fsp3) is 0.478. The van der Waals surface area contributed by atoms with Gasteiger partial charge < -0.3 is 24.4 Å². The Hall–Kier alpha value is -3.52. The Morgan fingerprint density at radius 3 is 2.59 bits per heavy atom. The molecule has 2 saturated heterocycles. The summed E-state index contributed by atoms with van der Waals surface area (Å²) in [6.45, 7) is 6.53. The van der Waals surface area contributed by atoms with Crippen LogP contribution in [-0.2, 0) is 9.47 Å². The molecular formula is C23H25F2N5O4. The minimum Gasteiger partial charge on any atom is -0.471 e. The van der Waals surface area contributed by atoms with Crippen LogP contribution in [0, 0.1) is 41.7 Å². The maximum absolute atomic E-state index is 15.3. The summed E-state index contributed by atoms with van der Waals surface area (Å²) in [6, 6.07) is 5.63. The van der Waals surface area contributed by atoms with Crippen LogP contribution in [0.4, 0.5) is 25.1 Å². The topological polar surface area (TPSA) is 110 Å². The number of carbonyl (C=O) groups is 1. The lowest BCUT2D eigenvalue weighted by atomic mass is 9.84. The normalized spacial score (nSPS) is 21.7. The van der Waals surface area contributed by atoms with E-state index in [0.29, 0.717) is 26.3 Å². The van der Waals surface area contributed by atoms with E-state index in [2.05, 4.69) is 15.3 Å². The van der Waals surface area contributed by atoms with Gasteiger partial charge in [0.2, 0.25) is 5.82 Å². The molecule has 11 heteroatoms. The molecule has 2 aliphatic rings. The highest BCUT2D eigenvalue weighted by molar-refractivity contribution is 5.68. The molecule has 180 valence electrons. The third-order valence-corrected chi connectivity index (χ3v) is 5.63. The molecule has 2 aliphatic heterocycles. The van der Waals surface area contributed by atoms with Gasteiger partial charge in [-0.1, -0.05) is 0 Å². The number of fused-ring (bicyclic) bond motifs is 2. The van der Waals surface area contributed by atoms with Crippen LogP contribution in [0.15, 0.2) is 18.2 Å². The predicted molar refractivity (Wildman–Crippen MR) is 117 cm³/mol. The molecule has 0 saturated carbocycles. The molecule has 0 aliphatic carbocycles. The lowest BCUT2D eigenvalue weighted by Crippen LogP contribution is -2.59. The Bertz CT molecular complexity index is 1110. The number of amides is 1. The number of nitriles is 1. The summed E-state index contributed by atoms with van der Waals surface area (Å²) in [6.07, 6.45) is -1.06. The van der Waals surface area contributed by atoms with Gasteiger partial charge in [0.1, 0.15) is 17.7 Å². The largest absolute Gasteiger partial charge is 0.471 e. The lowest BCUT2D eigenvalue weighted by molar-refractivity contribution is -0.111. The number of anilines is 2. The van der Waals surface area contributed by atoms with Crippen molar-refractivity contribution >= 4 is 17.6 Å². The summed E-state index contributed by atoms with van der Waals surface area (Å²) >= 11 is 0. The van der Waals surface area contributed by atoms with E-state index >= 15 is 4.39 Å². The van der Waals surface area contributed by atoms with Gasteiger partial charge in [-0.15, -0.1) is 0 Å². The molecule has 2 fully saturated rings. The molecule has 2 bridgehead atoms. The Labute approximate surface area is 195 Å². The van der Waals surface area contributed by atoms with Gasteiger partial charge in [-0.3, -0.25) is 0 Å². The zero-order chi connectivity index (χ0) is 24.4. The highest BCUT2D eigenvalue weighted by Crippen LogP contribution is 2.34. The first-order valence-corrected chi connectivity index (χ1v) is 11.0. The van der Waals surface area contributed by atoms with Gasteiger partial charge in [-0.05, 0) is 39.0 Å². The SMILES string of the molecule is Cc1nc(Nc2ccc(C#N)cc2F)c(F)c(OC2C3COCC2CN(C(=O)OC(C)C)C3)n1. The van der Waals surface area contributed by atoms with Crippen LogP contribution in [0.2, 0.25) is 0 Å². The molecule has 0 radical (unpaired) electrons. The number of nitrogens with zero attached hydrogens (tertiary/aromatic N) is 4. The Kier molecular flexibility index (Phi) is 6.79. The van der Waals surface area contributed by atoms with E-state index in [0.717, 1.165) is 6.07 Å². The molecule has 1 amide bonds. The molecule has 2 aromatic rings. The minimum atomic E-state index is -0.866. The van der Waals surface area contributed by atoms with Crippen LogP contribution in [0.3, 0.4) is 0 Å². The molecule has 4 rings (SSSR count). The van der Waals surface area contributed by atoms with Gasteiger partial charge in [0.15, 0.2) is 5.82 Å².